The van der Waals surface area contributed by atoms with E-state index in [9.17, 15) is 0 Å². The third kappa shape index (κ3) is 3.37. The second-order valence-corrected chi connectivity index (χ2v) is 7.30. The fourth-order valence-corrected chi connectivity index (χ4v) is 4.67. The minimum atomic E-state index is 0.677. The summed E-state index contributed by atoms with van der Waals surface area (Å²) in [5.41, 5.74) is 0.751. The van der Waals surface area contributed by atoms with E-state index in [1.54, 1.807) is 0 Å². The van der Waals surface area contributed by atoms with Gasteiger partial charge < -0.3 is 15.0 Å². The number of nitrogens with zero attached hydrogens (tertiary/aromatic N) is 1. The van der Waals surface area contributed by atoms with Crippen LogP contribution in [-0.4, -0.2) is 50.3 Å². The van der Waals surface area contributed by atoms with Crippen molar-refractivity contribution >= 4 is 0 Å². The number of ether oxygens (including phenoxy) is 1. The summed E-state index contributed by atoms with van der Waals surface area (Å²) in [4.78, 5) is 2.72. The van der Waals surface area contributed by atoms with Crippen molar-refractivity contribution in [1.29, 1.82) is 0 Å². The van der Waals surface area contributed by atoms with Crippen LogP contribution in [0.3, 0.4) is 0 Å². The number of likely N-dealkylation sites (tertiary alicyclic amines) is 1. The molecule has 1 aliphatic carbocycles. The molecule has 0 radical (unpaired) electrons. The van der Waals surface area contributed by atoms with E-state index >= 15 is 0 Å². The van der Waals surface area contributed by atoms with Gasteiger partial charge in [-0.25, -0.2) is 0 Å². The molecule has 3 aliphatic rings. The Kier molecular flexibility index (Phi) is 5.00. The van der Waals surface area contributed by atoms with Gasteiger partial charge in [-0.05, 0) is 57.2 Å². The van der Waals surface area contributed by atoms with E-state index < -0.39 is 0 Å². The van der Waals surface area contributed by atoms with Crippen molar-refractivity contribution in [3.8, 4) is 0 Å². The first-order chi connectivity index (χ1) is 9.81. The number of nitrogens with one attached hydrogen (secondary N) is 1. The first-order valence-electron chi connectivity index (χ1n) is 8.85. The van der Waals surface area contributed by atoms with E-state index in [0.29, 0.717) is 12.0 Å². The number of rotatable bonds is 4. The number of piperidine rings is 1. The van der Waals surface area contributed by atoms with E-state index in [1.165, 1.54) is 64.6 Å². The van der Waals surface area contributed by atoms with Crippen LogP contribution in [-0.2, 0) is 4.74 Å². The van der Waals surface area contributed by atoms with Crippen molar-refractivity contribution in [3.05, 3.63) is 0 Å². The molecule has 2 unspecified atom stereocenters. The first kappa shape index (κ1) is 14.8. The van der Waals surface area contributed by atoms with Crippen LogP contribution in [0.25, 0.3) is 0 Å². The SMILES string of the molecule is CCNC1CCOCC1CN1CCC2(CCCC2)CC1. The zero-order valence-electron chi connectivity index (χ0n) is 13.2. The molecule has 116 valence electrons. The monoisotopic (exact) mass is 280 g/mol. The largest absolute Gasteiger partial charge is 0.381 e. The third-order valence-corrected chi connectivity index (χ3v) is 6.01. The summed E-state index contributed by atoms with van der Waals surface area (Å²) in [6.07, 6.45) is 10.1. The molecular formula is C17H32N2O. The summed E-state index contributed by atoms with van der Waals surface area (Å²) in [7, 11) is 0. The predicted octanol–water partition coefficient (Wildman–Crippen LogP) is 2.66. The van der Waals surface area contributed by atoms with Crippen LogP contribution >= 0.6 is 0 Å². The highest BCUT2D eigenvalue weighted by atomic mass is 16.5. The Morgan fingerprint density at radius 3 is 2.60 bits per heavy atom. The van der Waals surface area contributed by atoms with E-state index in [2.05, 4.69) is 17.1 Å². The Hall–Kier alpha value is -0.120. The molecule has 1 spiro atoms. The second-order valence-electron chi connectivity index (χ2n) is 7.30. The molecule has 20 heavy (non-hydrogen) atoms. The van der Waals surface area contributed by atoms with Crippen molar-refractivity contribution in [2.24, 2.45) is 11.3 Å². The standard InChI is InChI=1S/C17H32N2O/c1-2-18-16-5-12-20-14-15(16)13-19-10-8-17(9-11-19)6-3-4-7-17/h15-16,18H,2-14H2,1H3. The normalized spacial score (nSPS) is 34.6. The van der Waals surface area contributed by atoms with Crippen molar-refractivity contribution in [2.75, 3.05) is 39.4 Å². The smallest absolute Gasteiger partial charge is 0.0521 e. The maximum absolute atomic E-state index is 5.73. The molecule has 0 amide bonds. The summed E-state index contributed by atoms with van der Waals surface area (Å²) < 4.78 is 5.73. The van der Waals surface area contributed by atoms with E-state index in [4.69, 9.17) is 4.74 Å². The van der Waals surface area contributed by atoms with E-state index in [0.717, 1.165) is 25.2 Å². The van der Waals surface area contributed by atoms with Crippen molar-refractivity contribution in [2.45, 2.75) is 57.9 Å². The van der Waals surface area contributed by atoms with Gasteiger partial charge in [0.15, 0.2) is 0 Å². The predicted molar refractivity (Wildman–Crippen MR) is 83.0 cm³/mol. The molecule has 0 aromatic heterocycles. The molecule has 2 atom stereocenters. The van der Waals surface area contributed by atoms with Gasteiger partial charge in [0.25, 0.3) is 0 Å². The molecule has 0 aromatic rings. The van der Waals surface area contributed by atoms with Crippen molar-refractivity contribution in [1.82, 2.24) is 10.2 Å². The fraction of sp³-hybridized carbons (Fsp3) is 1.00. The lowest BCUT2D eigenvalue weighted by Crippen LogP contribution is -2.49. The van der Waals surface area contributed by atoms with Gasteiger partial charge in [-0.15, -0.1) is 0 Å². The molecule has 3 rings (SSSR count). The molecule has 2 aliphatic heterocycles. The lowest BCUT2D eigenvalue weighted by molar-refractivity contribution is 0.00591. The Bertz CT molecular complexity index is 289. The molecule has 0 bridgehead atoms. The molecule has 0 aromatic carbocycles. The van der Waals surface area contributed by atoms with Gasteiger partial charge in [0.1, 0.15) is 0 Å². The highest BCUT2D eigenvalue weighted by Gasteiger charge is 2.37. The second kappa shape index (κ2) is 6.76. The minimum absolute atomic E-state index is 0.677. The Balaban J connectivity index is 1.48. The van der Waals surface area contributed by atoms with Gasteiger partial charge in [0, 0.05) is 25.1 Å². The minimum Gasteiger partial charge on any atom is -0.381 e. The van der Waals surface area contributed by atoms with Crippen LogP contribution in [0.1, 0.15) is 51.9 Å². The van der Waals surface area contributed by atoms with Crippen molar-refractivity contribution in [3.63, 3.8) is 0 Å². The molecule has 1 saturated carbocycles. The van der Waals surface area contributed by atoms with Crippen LogP contribution in [0.15, 0.2) is 0 Å². The van der Waals surface area contributed by atoms with Gasteiger partial charge in [0.05, 0.1) is 6.61 Å². The van der Waals surface area contributed by atoms with Crippen LogP contribution in [0, 0.1) is 11.3 Å². The first-order valence-corrected chi connectivity index (χ1v) is 8.85. The van der Waals surface area contributed by atoms with Gasteiger partial charge >= 0.3 is 0 Å². The summed E-state index contributed by atoms with van der Waals surface area (Å²) in [6, 6.07) is 0.677. The summed E-state index contributed by atoms with van der Waals surface area (Å²) in [6.45, 7) is 9.11. The Morgan fingerprint density at radius 1 is 1.15 bits per heavy atom. The highest BCUT2D eigenvalue weighted by Crippen LogP contribution is 2.46. The Morgan fingerprint density at radius 2 is 1.90 bits per heavy atom. The van der Waals surface area contributed by atoms with Gasteiger partial charge in [-0.2, -0.15) is 0 Å². The summed E-state index contributed by atoms with van der Waals surface area (Å²) in [5.74, 6) is 0.696. The number of hydrogen-bond donors (Lipinski definition) is 1. The van der Waals surface area contributed by atoms with Crippen LogP contribution in [0.2, 0.25) is 0 Å². The zero-order chi connectivity index (χ0) is 13.8. The van der Waals surface area contributed by atoms with Crippen LogP contribution < -0.4 is 5.32 Å². The quantitative estimate of drug-likeness (QED) is 0.857. The topological polar surface area (TPSA) is 24.5 Å². The molecule has 1 N–H and O–H groups in total. The van der Waals surface area contributed by atoms with Gasteiger partial charge in [-0.1, -0.05) is 19.8 Å². The average molecular weight is 280 g/mol. The zero-order valence-corrected chi connectivity index (χ0v) is 13.2. The molecule has 3 fully saturated rings. The third-order valence-electron chi connectivity index (χ3n) is 6.01. The average Bonchev–Trinajstić information content (AvgIpc) is 2.92. The van der Waals surface area contributed by atoms with Crippen LogP contribution in [0.4, 0.5) is 0 Å². The lowest BCUT2D eigenvalue weighted by atomic mass is 9.77. The van der Waals surface area contributed by atoms with Crippen molar-refractivity contribution < 1.29 is 4.74 Å². The molecule has 2 saturated heterocycles. The molecular weight excluding hydrogens is 248 g/mol. The molecule has 3 heteroatoms. The maximum Gasteiger partial charge on any atom is 0.0521 e. The van der Waals surface area contributed by atoms with Gasteiger partial charge in [-0.3, -0.25) is 0 Å². The molecule has 2 heterocycles. The van der Waals surface area contributed by atoms with E-state index in [-0.39, 0.29) is 0 Å². The highest BCUT2D eigenvalue weighted by molar-refractivity contribution is 4.91. The summed E-state index contributed by atoms with van der Waals surface area (Å²) >= 11 is 0. The lowest BCUT2D eigenvalue weighted by Gasteiger charge is -2.42. The fourth-order valence-electron chi connectivity index (χ4n) is 4.67. The Labute approximate surface area is 124 Å². The van der Waals surface area contributed by atoms with Gasteiger partial charge in [0.2, 0.25) is 0 Å². The summed E-state index contributed by atoms with van der Waals surface area (Å²) in [5, 5.41) is 3.67. The van der Waals surface area contributed by atoms with Crippen LogP contribution in [0.5, 0.6) is 0 Å². The molecule has 3 nitrogen and oxygen atoms in total. The maximum atomic E-state index is 5.73. The number of hydrogen-bond acceptors (Lipinski definition) is 3. The van der Waals surface area contributed by atoms with E-state index in [1.807, 2.05) is 0 Å².